The molecule has 0 bridgehead atoms. The molecule has 0 spiro atoms. The lowest BCUT2D eigenvalue weighted by molar-refractivity contribution is -0.132. The lowest BCUT2D eigenvalue weighted by Gasteiger charge is -2.15. The van der Waals surface area contributed by atoms with Crippen LogP contribution in [0.4, 0.5) is 0 Å². The van der Waals surface area contributed by atoms with E-state index in [0.29, 0.717) is 5.39 Å². The summed E-state index contributed by atoms with van der Waals surface area (Å²) < 4.78 is 10.4. The van der Waals surface area contributed by atoms with Gasteiger partial charge in [-0.2, -0.15) is 0 Å². The van der Waals surface area contributed by atoms with Gasteiger partial charge in [0.25, 0.3) is 11.8 Å². The minimum absolute atomic E-state index is 0.0607. The highest BCUT2D eigenvalue weighted by atomic mass is 32.1. The number of thiocarbonyl (C=S) groups is 1. The molecule has 0 saturated carbocycles. The van der Waals surface area contributed by atoms with E-state index in [0.717, 1.165) is 0 Å². The van der Waals surface area contributed by atoms with Crippen molar-refractivity contribution in [3.63, 3.8) is 0 Å². The summed E-state index contributed by atoms with van der Waals surface area (Å²) in [5.74, 6) is -1.48. The molecular formula is C18H12N2O6S. The van der Waals surface area contributed by atoms with Crippen LogP contribution >= 0.6 is 12.2 Å². The first kappa shape index (κ1) is 18.2. The molecule has 0 radical (unpaired) electrons. The second-order valence-corrected chi connectivity index (χ2v) is 5.86. The molecule has 2 heterocycles. The third-order valence-corrected chi connectivity index (χ3v) is 3.72. The smallest absolute Gasteiger partial charge is 0.308 e. The zero-order valence-electron chi connectivity index (χ0n) is 13.9. The highest BCUT2D eigenvalue weighted by molar-refractivity contribution is 7.80. The van der Waals surface area contributed by atoms with Crippen molar-refractivity contribution in [2.75, 3.05) is 0 Å². The maximum atomic E-state index is 12.5. The van der Waals surface area contributed by atoms with Crippen LogP contribution in [0, 0.1) is 0 Å². The molecule has 136 valence electrons. The fourth-order valence-corrected chi connectivity index (χ4v) is 2.53. The van der Waals surface area contributed by atoms with E-state index in [1.807, 2.05) is 0 Å². The predicted octanol–water partition coefficient (Wildman–Crippen LogP) is 1.19. The summed E-state index contributed by atoms with van der Waals surface area (Å²) in [4.78, 5) is 47.0. The summed E-state index contributed by atoms with van der Waals surface area (Å²) in [5, 5.41) is 4.84. The topological polar surface area (TPSA) is 115 Å². The molecule has 0 atom stereocenters. The van der Waals surface area contributed by atoms with Gasteiger partial charge >= 0.3 is 5.97 Å². The van der Waals surface area contributed by atoms with Gasteiger partial charge in [-0.05, 0) is 36.5 Å². The minimum atomic E-state index is -0.628. The molecule has 2 amide bonds. The Bertz CT molecular complexity index is 1090. The van der Waals surface area contributed by atoms with Gasteiger partial charge in [0, 0.05) is 13.0 Å². The third-order valence-electron chi connectivity index (χ3n) is 3.52. The van der Waals surface area contributed by atoms with Gasteiger partial charge in [0.2, 0.25) is 0 Å². The molecule has 1 saturated heterocycles. The first-order valence-electron chi connectivity index (χ1n) is 7.64. The van der Waals surface area contributed by atoms with Crippen LogP contribution in [0.1, 0.15) is 12.5 Å². The zero-order valence-corrected chi connectivity index (χ0v) is 14.7. The van der Waals surface area contributed by atoms with Gasteiger partial charge in [0.1, 0.15) is 23.2 Å². The third kappa shape index (κ3) is 3.98. The van der Waals surface area contributed by atoms with E-state index in [1.54, 1.807) is 0 Å². The molecular weight excluding hydrogens is 372 g/mol. The van der Waals surface area contributed by atoms with E-state index < -0.39 is 17.8 Å². The largest absolute Gasteiger partial charge is 0.463 e. The first-order chi connectivity index (χ1) is 12.8. The van der Waals surface area contributed by atoms with Crippen LogP contribution in [0.25, 0.3) is 17.0 Å². The Labute approximate surface area is 157 Å². The zero-order chi connectivity index (χ0) is 19.6. The van der Waals surface area contributed by atoms with Gasteiger partial charge in [-0.25, -0.2) is 0 Å². The average molecular weight is 384 g/mol. The van der Waals surface area contributed by atoms with Crippen molar-refractivity contribution in [3.8, 4) is 5.75 Å². The van der Waals surface area contributed by atoms with Crippen molar-refractivity contribution < 1.29 is 23.5 Å². The van der Waals surface area contributed by atoms with E-state index in [-0.39, 0.29) is 33.0 Å². The molecule has 27 heavy (non-hydrogen) atoms. The number of ether oxygens (including phenoxy) is 1. The number of benzene rings is 1. The fraction of sp³-hybridized carbons (Fsp3) is 0.0556. The van der Waals surface area contributed by atoms with Gasteiger partial charge in [-0.3, -0.25) is 29.8 Å². The quantitative estimate of drug-likeness (QED) is 0.269. The fourth-order valence-electron chi connectivity index (χ4n) is 2.34. The average Bonchev–Trinajstić information content (AvgIpc) is 2.58. The molecule has 0 aliphatic carbocycles. The molecule has 9 heteroatoms. The number of amides is 2. The molecule has 1 fully saturated rings. The summed E-state index contributed by atoms with van der Waals surface area (Å²) >= 11 is 4.71. The number of carbonyl (C=O) groups excluding carboxylic acids is 3. The molecule has 1 aromatic heterocycles. The van der Waals surface area contributed by atoms with Crippen molar-refractivity contribution in [2.45, 2.75) is 6.92 Å². The molecule has 1 aliphatic heterocycles. The minimum Gasteiger partial charge on any atom is -0.463 e. The summed E-state index contributed by atoms with van der Waals surface area (Å²) in [6, 6.07) is 4.40. The Kier molecular flexibility index (Phi) is 4.95. The van der Waals surface area contributed by atoms with Crippen LogP contribution in [0.2, 0.25) is 0 Å². The number of carbonyl (C=O) groups is 3. The highest BCUT2D eigenvalue weighted by Gasteiger charge is 2.24. The summed E-state index contributed by atoms with van der Waals surface area (Å²) in [6.45, 7) is 1.27. The van der Waals surface area contributed by atoms with Crippen LogP contribution in [0.5, 0.6) is 5.75 Å². The molecule has 2 N–H and O–H groups in total. The highest BCUT2D eigenvalue weighted by Crippen LogP contribution is 2.19. The monoisotopic (exact) mass is 384 g/mol. The number of esters is 1. The van der Waals surface area contributed by atoms with Crippen LogP contribution in [0.3, 0.4) is 0 Å². The number of nitrogens with one attached hydrogen (secondary N) is 2. The Morgan fingerprint density at radius 1 is 1.19 bits per heavy atom. The van der Waals surface area contributed by atoms with Crippen LogP contribution in [-0.2, 0) is 14.4 Å². The maximum Gasteiger partial charge on any atom is 0.308 e. The van der Waals surface area contributed by atoms with Gasteiger partial charge < -0.3 is 9.15 Å². The SMILES string of the molecule is CC(=O)Oc1ccc2c(=O)c(C=CC=C3C(=O)NC(=S)NC3=O)coc2c1. The van der Waals surface area contributed by atoms with Crippen molar-refractivity contribution in [1.82, 2.24) is 10.6 Å². The van der Waals surface area contributed by atoms with Crippen LogP contribution in [-0.4, -0.2) is 22.9 Å². The van der Waals surface area contributed by atoms with E-state index in [1.165, 1.54) is 49.6 Å². The Morgan fingerprint density at radius 3 is 2.56 bits per heavy atom. The van der Waals surface area contributed by atoms with Crippen LogP contribution < -0.4 is 20.8 Å². The number of fused-ring (bicyclic) bond motifs is 1. The number of allylic oxidation sites excluding steroid dienone is 2. The van der Waals surface area contributed by atoms with Crippen molar-refractivity contribution in [1.29, 1.82) is 0 Å². The molecule has 1 aliphatic rings. The molecule has 3 rings (SSSR count). The van der Waals surface area contributed by atoms with E-state index in [4.69, 9.17) is 21.4 Å². The Morgan fingerprint density at radius 2 is 1.89 bits per heavy atom. The molecule has 1 aromatic carbocycles. The second kappa shape index (κ2) is 7.34. The number of hydrogen-bond acceptors (Lipinski definition) is 7. The van der Waals surface area contributed by atoms with E-state index >= 15 is 0 Å². The van der Waals surface area contributed by atoms with Crippen LogP contribution in [0.15, 0.2) is 51.4 Å². The van der Waals surface area contributed by atoms with Gasteiger partial charge in [-0.1, -0.05) is 6.08 Å². The standard InChI is InChI=1S/C18H12N2O6S/c1-9(21)26-11-5-6-12-14(7-11)25-8-10(15(12)22)3-2-4-13-16(23)19-18(27)20-17(13)24/h2-8H,1H3,(H2,19,20,23,24,27). The van der Waals surface area contributed by atoms with Gasteiger partial charge in [0.15, 0.2) is 10.5 Å². The molecule has 2 aromatic rings. The van der Waals surface area contributed by atoms with Gasteiger partial charge in [-0.15, -0.1) is 0 Å². The maximum absolute atomic E-state index is 12.5. The normalized spacial score (nSPS) is 14.3. The van der Waals surface area contributed by atoms with E-state index in [9.17, 15) is 19.2 Å². The van der Waals surface area contributed by atoms with Crippen molar-refractivity contribution in [3.05, 3.63) is 58.0 Å². The predicted molar refractivity (Wildman–Crippen MR) is 99.8 cm³/mol. The molecule has 8 nitrogen and oxygen atoms in total. The second-order valence-electron chi connectivity index (χ2n) is 5.45. The summed E-state index contributed by atoms with van der Waals surface area (Å²) in [7, 11) is 0. The van der Waals surface area contributed by atoms with Crippen molar-refractivity contribution in [2.24, 2.45) is 0 Å². The van der Waals surface area contributed by atoms with Gasteiger partial charge in [0.05, 0.1) is 10.9 Å². The number of hydrogen-bond donors (Lipinski definition) is 2. The Hall–Kier alpha value is -3.59. The summed E-state index contributed by atoms with van der Waals surface area (Å²) in [5.41, 5.74) is 0.00980. The molecule has 0 unspecified atom stereocenters. The lowest BCUT2D eigenvalue weighted by atomic mass is 10.1. The lowest BCUT2D eigenvalue weighted by Crippen LogP contribution is -2.51. The summed E-state index contributed by atoms with van der Waals surface area (Å²) in [6.07, 6.45) is 5.28. The first-order valence-corrected chi connectivity index (χ1v) is 8.05. The van der Waals surface area contributed by atoms with E-state index in [2.05, 4.69) is 10.6 Å². The van der Waals surface area contributed by atoms with Crippen molar-refractivity contribution >= 4 is 52.2 Å². The number of rotatable bonds is 3. The Balaban J connectivity index is 1.89.